The second-order valence-electron chi connectivity index (χ2n) is 6.22. The summed E-state index contributed by atoms with van der Waals surface area (Å²) in [6.07, 6.45) is -8.77. The maximum atomic E-state index is 13.0. The Hall–Kier alpha value is -2.43. The van der Waals surface area contributed by atoms with Crippen molar-refractivity contribution in [3.8, 4) is 0 Å². The maximum Gasteiger partial charge on any atom is 0.416 e. The van der Waals surface area contributed by atoms with Crippen LogP contribution in [-0.2, 0) is 28.8 Å². The number of benzene rings is 2. The lowest BCUT2D eigenvalue weighted by molar-refractivity contribution is -0.143. The van der Waals surface area contributed by atoms with E-state index >= 15 is 0 Å². The minimum absolute atomic E-state index is 0.0657. The molecule has 11 heteroatoms. The molecular formula is C17H14F6N2O2S. The third-order valence-electron chi connectivity index (χ3n) is 4.17. The second-order valence-corrected chi connectivity index (χ2v) is 7.87. The van der Waals surface area contributed by atoms with E-state index in [2.05, 4.69) is 5.32 Å². The third kappa shape index (κ3) is 4.18. The molecule has 0 saturated carbocycles. The topological polar surface area (TPSA) is 58.2 Å². The molecule has 0 aliphatic carbocycles. The molecular weight excluding hydrogens is 410 g/mol. The minimum Gasteiger partial charge on any atom is -0.384 e. The van der Waals surface area contributed by atoms with E-state index in [1.165, 1.54) is 12.1 Å². The number of hydrogen-bond donors (Lipinski definition) is 2. The summed E-state index contributed by atoms with van der Waals surface area (Å²) in [7, 11) is -4.43. The summed E-state index contributed by atoms with van der Waals surface area (Å²) in [5.74, 6) is 0. The lowest BCUT2D eigenvalue weighted by atomic mass is 10.0. The zero-order chi connectivity index (χ0) is 20.7. The Bertz CT molecular complexity index is 967. The lowest BCUT2D eigenvalue weighted by Gasteiger charge is -2.22. The van der Waals surface area contributed by atoms with E-state index in [-0.39, 0.29) is 11.0 Å². The first-order valence-electron chi connectivity index (χ1n) is 8.06. The molecule has 0 atom stereocenters. The Morgan fingerprint density at radius 2 is 1.54 bits per heavy atom. The van der Waals surface area contributed by atoms with Gasteiger partial charge in [0.1, 0.15) is 4.90 Å². The largest absolute Gasteiger partial charge is 0.416 e. The molecule has 0 radical (unpaired) electrons. The van der Waals surface area contributed by atoms with Gasteiger partial charge in [-0.05, 0) is 42.7 Å². The van der Waals surface area contributed by atoms with Gasteiger partial charge >= 0.3 is 12.4 Å². The first kappa shape index (κ1) is 20.3. The Morgan fingerprint density at radius 3 is 2.11 bits per heavy atom. The maximum absolute atomic E-state index is 13.0. The van der Waals surface area contributed by atoms with Crippen molar-refractivity contribution in [3.63, 3.8) is 0 Å². The molecule has 2 aromatic carbocycles. The van der Waals surface area contributed by atoms with E-state index < -0.39 is 39.2 Å². The summed E-state index contributed by atoms with van der Waals surface area (Å²) < 4.78 is 105. The molecule has 0 bridgehead atoms. The van der Waals surface area contributed by atoms with Crippen LogP contribution in [0.5, 0.6) is 0 Å². The van der Waals surface area contributed by atoms with Gasteiger partial charge in [0.25, 0.3) is 10.0 Å². The van der Waals surface area contributed by atoms with Crippen molar-refractivity contribution >= 4 is 21.4 Å². The summed E-state index contributed by atoms with van der Waals surface area (Å²) in [6.45, 7) is 0.501. The van der Waals surface area contributed by atoms with Crippen LogP contribution in [0.4, 0.5) is 37.7 Å². The molecule has 4 nitrogen and oxygen atoms in total. The monoisotopic (exact) mass is 424 g/mol. The van der Waals surface area contributed by atoms with Crippen molar-refractivity contribution < 1.29 is 34.8 Å². The molecule has 1 aliphatic heterocycles. The van der Waals surface area contributed by atoms with Crippen LogP contribution in [0.1, 0.15) is 23.1 Å². The van der Waals surface area contributed by atoms with Crippen LogP contribution in [0, 0.1) is 0 Å². The van der Waals surface area contributed by atoms with Crippen LogP contribution in [0.3, 0.4) is 0 Å². The number of hydrogen-bond acceptors (Lipinski definition) is 3. The molecule has 0 saturated heterocycles. The summed E-state index contributed by atoms with van der Waals surface area (Å²) in [5, 5.41) is 2.92. The quantitative estimate of drug-likeness (QED) is 0.691. The van der Waals surface area contributed by atoms with Crippen molar-refractivity contribution in [2.24, 2.45) is 0 Å². The molecule has 2 aromatic rings. The van der Waals surface area contributed by atoms with Crippen molar-refractivity contribution in [3.05, 3.63) is 53.1 Å². The molecule has 1 heterocycles. The number of fused-ring (bicyclic) bond motifs is 1. The van der Waals surface area contributed by atoms with Gasteiger partial charge in [-0.15, -0.1) is 0 Å². The van der Waals surface area contributed by atoms with Gasteiger partial charge < -0.3 is 5.32 Å². The number of sulfonamides is 1. The van der Waals surface area contributed by atoms with Crippen molar-refractivity contribution in [1.29, 1.82) is 0 Å². The average Bonchev–Trinajstić information content (AvgIpc) is 2.59. The molecule has 0 amide bonds. The number of anilines is 2. The molecule has 152 valence electrons. The fourth-order valence-electron chi connectivity index (χ4n) is 2.93. The lowest BCUT2D eigenvalue weighted by Crippen LogP contribution is -2.20. The number of para-hydroxylation sites is 1. The van der Waals surface area contributed by atoms with Crippen LogP contribution in [0.2, 0.25) is 0 Å². The highest BCUT2D eigenvalue weighted by atomic mass is 32.2. The van der Waals surface area contributed by atoms with E-state index in [0.717, 1.165) is 6.42 Å². The van der Waals surface area contributed by atoms with E-state index in [4.69, 9.17) is 0 Å². The van der Waals surface area contributed by atoms with Gasteiger partial charge in [-0.25, -0.2) is 8.42 Å². The normalized spacial score (nSPS) is 14.9. The van der Waals surface area contributed by atoms with Gasteiger partial charge in [0.2, 0.25) is 0 Å². The Morgan fingerprint density at radius 1 is 0.929 bits per heavy atom. The molecule has 0 aromatic heterocycles. The van der Waals surface area contributed by atoms with E-state index in [1.807, 2.05) is 4.72 Å². The second kappa shape index (κ2) is 6.87. The molecule has 0 spiro atoms. The number of aryl methyl sites for hydroxylation is 1. The number of nitrogens with one attached hydrogen (secondary N) is 2. The molecule has 3 rings (SSSR count). The van der Waals surface area contributed by atoms with Gasteiger partial charge in [0.05, 0.1) is 22.5 Å². The number of rotatable bonds is 3. The van der Waals surface area contributed by atoms with Gasteiger partial charge in [0, 0.05) is 6.54 Å². The average molecular weight is 424 g/mol. The Kier molecular flexibility index (Phi) is 4.98. The van der Waals surface area contributed by atoms with E-state index in [0.29, 0.717) is 36.3 Å². The molecule has 2 N–H and O–H groups in total. The first-order chi connectivity index (χ1) is 12.9. The van der Waals surface area contributed by atoms with Gasteiger partial charge in [0.15, 0.2) is 0 Å². The first-order valence-corrected chi connectivity index (χ1v) is 9.54. The van der Waals surface area contributed by atoms with Gasteiger partial charge in [-0.1, -0.05) is 12.1 Å². The van der Waals surface area contributed by atoms with Crippen LogP contribution in [-0.4, -0.2) is 15.0 Å². The Labute approximate surface area is 156 Å². The zero-order valence-electron chi connectivity index (χ0n) is 14.1. The summed E-state index contributed by atoms with van der Waals surface area (Å²) >= 11 is 0. The van der Waals surface area contributed by atoms with Crippen LogP contribution < -0.4 is 10.0 Å². The van der Waals surface area contributed by atoms with Gasteiger partial charge in [-0.2, -0.15) is 26.3 Å². The fourth-order valence-corrected chi connectivity index (χ4v) is 4.19. The Balaban J connectivity index is 2.06. The van der Waals surface area contributed by atoms with Crippen molar-refractivity contribution in [1.82, 2.24) is 0 Å². The van der Waals surface area contributed by atoms with Crippen LogP contribution in [0.25, 0.3) is 0 Å². The summed E-state index contributed by atoms with van der Waals surface area (Å²) in [4.78, 5) is -0.240. The minimum atomic E-state index is -5.07. The standard InChI is InChI=1S/C17H14F6N2O2S/c18-16(19,20)11-7-12(17(21,22)23)9-13(8-11)25-28(26,27)14-5-1-3-10-4-2-6-24-15(10)14/h1,3,5,7-9,24-25H,2,4,6H2. The molecule has 1 aliphatic rings. The van der Waals surface area contributed by atoms with Crippen molar-refractivity contribution in [2.45, 2.75) is 30.1 Å². The van der Waals surface area contributed by atoms with Crippen LogP contribution in [0.15, 0.2) is 41.3 Å². The molecule has 0 fully saturated rings. The van der Waals surface area contributed by atoms with E-state index in [1.54, 1.807) is 6.07 Å². The molecule has 0 unspecified atom stereocenters. The van der Waals surface area contributed by atoms with E-state index in [9.17, 15) is 34.8 Å². The third-order valence-corrected chi connectivity index (χ3v) is 5.59. The van der Waals surface area contributed by atoms with Gasteiger partial charge in [-0.3, -0.25) is 4.72 Å². The predicted molar refractivity (Wildman–Crippen MR) is 90.5 cm³/mol. The highest BCUT2D eigenvalue weighted by Gasteiger charge is 2.37. The zero-order valence-corrected chi connectivity index (χ0v) is 14.9. The highest BCUT2D eigenvalue weighted by Crippen LogP contribution is 2.38. The molecule has 28 heavy (non-hydrogen) atoms. The highest BCUT2D eigenvalue weighted by molar-refractivity contribution is 7.92. The predicted octanol–water partition coefficient (Wildman–Crippen LogP) is 4.88. The van der Waals surface area contributed by atoms with Crippen LogP contribution >= 0.6 is 0 Å². The SMILES string of the molecule is O=S(=O)(Nc1cc(C(F)(F)F)cc(C(F)(F)F)c1)c1cccc2c1NCCC2. The number of alkyl halides is 6. The fraction of sp³-hybridized carbons (Fsp3) is 0.294. The number of halogens is 6. The smallest absolute Gasteiger partial charge is 0.384 e. The summed E-state index contributed by atoms with van der Waals surface area (Å²) in [5.41, 5.74) is -3.03. The van der Waals surface area contributed by atoms with Crippen molar-refractivity contribution in [2.75, 3.05) is 16.6 Å². The summed E-state index contributed by atoms with van der Waals surface area (Å²) in [6, 6.07) is 4.99.